The van der Waals surface area contributed by atoms with E-state index in [1.165, 1.54) is 0 Å². The number of aryl methyl sites for hydroxylation is 1. The summed E-state index contributed by atoms with van der Waals surface area (Å²) >= 11 is 6.27. The Bertz CT molecular complexity index is 1110. The van der Waals surface area contributed by atoms with Gasteiger partial charge in [-0.1, -0.05) is 41.9 Å². The summed E-state index contributed by atoms with van der Waals surface area (Å²) in [7, 11) is 0. The van der Waals surface area contributed by atoms with Crippen molar-refractivity contribution in [2.75, 3.05) is 11.4 Å². The van der Waals surface area contributed by atoms with Crippen LogP contribution in [0.4, 0.5) is 5.69 Å². The number of fused-ring (bicyclic) bond motifs is 1. The van der Waals surface area contributed by atoms with Crippen LogP contribution in [0.5, 0.6) is 0 Å². The Morgan fingerprint density at radius 3 is 2.57 bits per heavy atom. The van der Waals surface area contributed by atoms with E-state index in [0.717, 1.165) is 22.3 Å². The summed E-state index contributed by atoms with van der Waals surface area (Å²) in [5.41, 5.74) is 5.35. The zero-order chi connectivity index (χ0) is 19.8. The van der Waals surface area contributed by atoms with Crippen molar-refractivity contribution < 1.29 is 14.7 Å². The van der Waals surface area contributed by atoms with E-state index in [2.05, 4.69) is 0 Å². The molecule has 4 nitrogen and oxygen atoms in total. The van der Waals surface area contributed by atoms with Crippen LogP contribution in [0, 0.1) is 6.92 Å². The Hall–Kier alpha value is -3.11. The lowest BCUT2D eigenvalue weighted by atomic mass is 9.91. The largest absolute Gasteiger partial charge is 0.478 e. The van der Waals surface area contributed by atoms with Gasteiger partial charge in [0.15, 0.2) is 0 Å². The van der Waals surface area contributed by atoms with Gasteiger partial charge in [-0.25, -0.2) is 4.79 Å². The van der Waals surface area contributed by atoms with E-state index in [9.17, 15) is 14.7 Å². The monoisotopic (exact) mass is 391 g/mol. The highest BCUT2D eigenvalue weighted by Gasteiger charge is 2.27. The van der Waals surface area contributed by atoms with Crippen LogP contribution < -0.4 is 4.90 Å². The number of benzene rings is 3. The second-order valence-corrected chi connectivity index (χ2v) is 7.27. The van der Waals surface area contributed by atoms with E-state index in [0.29, 0.717) is 29.2 Å². The number of para-hydroxylation sites is 1. The number of carboxylic acid groups (broad SMARTS) is 1. The fraction of sp³-hybridized carbons (Fsp3) is 0.130. The van der Waals surface area contributed by atoms with Gasteiger partial charge in [0.2, 0.25) is 0 Å². The second kappa shape index (κ2) is 7.13. The molecule has 1 aliphatic rings. The molecule has 3 aromatic rings. The molecule has 3 aromatic carbocycles. The standard InChI is InChI=1S/C23H18ClNO3/c1-14-6-7-17(23(27)28)13-19(14)15-8-9-18-16(12-15)10-11-25(22(18)26)21-5-3-2-4-20(21)24/h2-9,12-13H,10-11H2,1H3,(H,27,28). The number of aromatic carboxylic acids is 1. The van der Waals surface area contributed by atoms with Crippen LogP contribution in [0.1, 0.15) is 31.8 Å². The van der Waals surface area contributed by atoms with Gasteiger partial charge in [-0.15, -0.1) is 0 Å². The summed E-state index contributed by atoms with van der Waals surface area (Å²) in [5, 5.41) is 9.83. The van der Waals surface area contributed by atoms with Crippen LogP contribution in [0.25, 0.3) is 11.1 Å². The zero-order valence-corrected chi connectivity index (χ0v) is 16.0. The lowest BCUT2D eigenvalue weighted by Gasteiger charge is -2.29. The maximum Gasteiger partial charge on any atom is 0.335 e. The van der Waals surface area contributed by atoms with Gasteiger partial charge in [-0.2, -0.15) is 0 Å². The lowest BCUT2D eigenvalue weighted by molar-refractivity contribution is 0.0696. The average molecular weight is 392 g/mol. The van der Waals surface area contributed by atoms with Crippen molar-refractivity contribution in [1.29, 1.82) is 0 Å². The number of hydrogen-bond donors (Lipinski definition) is 1. The van der Waals surface area contributed by atoms with Gasteiger partial charge < -0.3 is 10.0 Å². The zero-order valence-electron chi connectivity index (χ0n) is 15.3. The molecule has 0 unspecified atom stereocenters. The highest BCUT2D eigenvalue weighted by atomic mass is 35.5. The second-order valence-electron chi connectivity index (χ2n) is 6.86. The molecule has 0 aromatic heterocycles. The van der Waals surface area contributed by atoms with Gasteiger partial charge in [0.05, 0.1) is 16.3 Å². The molecule has 4 rings (SSSR count). The van der Waals surface area contributed by atoms with E-state index in [-0.39, 0.29) is 11.5 Å². The van der Waals surface area contributed by atoms with E-state index >= 15 is 0 Å². The van der Waals surface area contributed by atoms with Crippen molar-refractivity contribution in [3.05, 3.63) is 87.9 Å². The van der Waals surface area contributed by atoms with Gasteiger partial charge in [-0.05, 0) is 65.9 Å². The Labute approximate surface area is 168 Å². The van der Waals surface area contributed by atoms with Crippen molar-refractivity contribution in [3.8, 4) is 11.1 Å². The third-order valence-corrected chi connectivity index (χ3v) is 5.44. The minimum Gasteiger partial charge on any atom is -0.478 e. The van der Waals surface area contributed by atoms with E-state index < -0.39 is 5.97 Å². The first kappa shape index (κ1) is 18.3. The van der Waals surface area contributed by atoms with Gasteiger partial charge in [0, 0.05) is 12.1 Å². The number of halogens is 1. The van der Waals surface area contributed by atoms with Crippen LogP contribution in [0.2, 0.25) is 5.02 Å². The first-order valence-electron chi connectivity index (χ1n) is 8.99. The Morgan fingerprint density at radius 1 is 1.04 bits per heavy atom. The minimum absolute atomic E-state index is 0.0723. The topological polar surface area (TPSA) is 57.6 Å². The maximum atomic E-state index is 13.0. The number of nitrogens with zero attached hydrogens (tertiary/aromatic N) is 1. The van der Waals surface area contributed by atoms with Crippen molar-refractivity contribution in [2.45, 2.75) is 13.3 Å². The van der Waals surface area contributed by atoms with Crippen molar-refractivity contribution in [3.63, 3.8) is 0 Å². The van der Waals surface area contributed by atoms with Gasteiger partial charge in [0.1, 0.15) is 0 Å². The number of amides is 1. The average Bonchev–Trinajstić information content (AvgIpc) is 2.69. The number of carboxylic acids is 1. The molecular weight excluding hydrogens is 374 g/mol. The first-order chi connectivity index (χ1) is 13.5. The molecule has 0 atom stereocenters. The van der Waals surface area contributed by atoms with Crippen LogP contribution in [-0.4, -0.2) is 23.5 Å². The highest BCUT2D eigenvalue weighted by molar-refractivity contribution is 6.34. The fourth-order valence-electron chi connectivity index (χ4n) is 3.62. The summed E-state index contributed by atoms with van der Waals surface area (Å²) in [6.45, 7) is 2.50. The molecule has 0 spiro atoms. The Balaban J connectivity index is 1.72. The summed E-state index contributed by atoms with van der Waals surface area (Å²) in [6.07, 6.45) is 0.706. The van der Waals surface area contributed by atoms with Gasteiger partial charge >= 0.3 is 5.97 Å². The van der Waals surface area contributed by atoms with Crippen LogP contribution in [-0.2, 0) is 6.42 Å². The van der Waals surface area contributed by atoms with Crippen LogP contribution in [0.3, 0.4) is 0 Å². The van der Waals surface area contributed by atoms with E-state index in [1.54, 1.807) is 23.1 Å². The first-order valence-corrected chi connectivity index (χ1v) is 9.37. The quantitative estimate of drug-likeness (QED) is 0.666. The molecule has 1 heterocycles. The predicted molar refractivity (Wildman–Crippen MR) is 110 cm³/mol. The molecule has 1 N–H and O–H groups in total. The van der Waals surface area contributed by atoms with E-state index in [1.807, 2.05) is 49.4 Å². The smallest absolute Gasteiger partial charge is 0.335 e. The molecule has 0 saturated carbocycles. The van der Waals surface area contributed by atoms with E-state index in [4.69, 9.17) is 11.6 Å². The van der Waals surface area contributed by atoms with Crippen LogP contribution in [0.15, 0.2) is 60.7 Å². The number of carbonyl (C=O) groups excluding carboxylic acids is 1. The van der Waals surface area contributed by atoms with Crippen molar-refractivity contribution in [1.82, 2.24) is 0 Å². The molecule has 5 heteroatoms. The van der Waals surface area contributed by atoms with Crippen molar-refractivity contribution >= 4 is 29.2 Å². The molecular formula is C23H18ClNO3. The number of anilines is 1. The fourth-order valence-corrected chi connectivity index (χ4v) is 3.86. The van der Waals surface area contributed by atoms with Crippen molar-refractivity contribution in [2.24, 2.45) is 0 Å². The summed E-state index contributed by atoms with van der Waals surface area (Å²) < 4.78 is 0. The van der Waals surface area contributed by atoms with Gasteiger partial charge in [-0.3, -0.25) is 4.79 Å². The summed E-state index contributed by atoms with van der Waals surface area (Å²) in [6, 6.07) is 18.1. The molecule has 0 saturated heterocycles. The number of hydrogen-bond acceptors (Lipinski definition) is 2. The minimum atomic E-state index is -0.954. The van der Waals surface area contributed by atoms with Gasteiger partial charge in [0.25, 0.3) is 5.91 Å². The maximum absolute atomic E-state index is 13.0. The number of carbonyl (C=O) groups is 2. The molecule has 1 amide bonds. The molecule has 0 fully saturated rings. The number of rotatable bonds is 3. The Kier molecular flexibility index (Phi) is 4.65. The third-order valence-electron chi connectivity index (χ3n) is 5.12. The molecule has 1 aliphatic heterocycles. The molecule has 0 aliphatic carbocycles. The Morgan fingerprint density at radius 2 is 1.82 bits per heavy atom. The summed E-state index contributed by atoms with van der Waals surface area (Å²) in [5.74, 6) is -1.03. The molecule has 0 radical (unpaired) electrons. The van der Waals surface area contributed by atoms with Crippen LogP contribution >= 0.6 is 11.6 Å². The predicted octanol–water partition coefficient (Wildman–Crippen LogP) is 5.22. The molecule has 28 heavy (non-hydrogen) atoms. The normalized spacial score (nSPS) is 13.4. The molecule has 140 valence electrons. The molecule has 0 bridgehead atoms. The third kappa shape index (κ3) is 3.16. The SMILES string of the molecule is Cc1ccc(C(=O)O)cc1-c1ccc2c(c1)CCN(c1ccccc1Cl)C2=O. The highest BCUT2D eigenvalue weighted by Crippen LogP contribution is 2.33. The lowest BCUT2D eigenvalue weighted by Crippen LogP contribution is -2.37. The summed E-state index contributed by atoms with van der Waals surface area (Å²) in [4.78, 5) is 26.0.